The fourth-order valence-corrected chi connectivity index (χ4v) is 4.47. The highest BCUT2D eigenvalue weighted by atomic mass is 16.5. The molecule has 1 amide bonds. The molecule has 0 aliphatic carbocycles. The number of furan rings is 1. The standard InChI is InChI=1S/C28H32N2O5/c1-4-16-34-21-12-9-11-20(17-21)25-24(26(31)23-18-19-10-7-8-13-22(19)35-23)27(32)28(33)30(25)15-14-29(5-2)6-3/h7-13,17-18,25,32H,4-6,14-16H2,1-3H3. The molecule has 0 saturated heterocycles. The number of aliphatic hydroxyl groups excluding tert-OH is 1. The number of nitrogens with zero attached hydrogens (tertiary/aromatic N) is 2. The van der Waals surface area contributed by atoms with Gasteiger partial charge in [-0.05, 0) is 49.3 Å². The van der Waals surface area contributed by atoms with Gasteiger partial charge in [0.05, 0.1) is 18.2 Å². The van der Waals surface area contributed by atoms with Gasteiger partial charge >= 0.3 is 0 Å². The van der Waals surface area contributed by atoms with Crippen molar-refractivity contribution < 1.29 is 23.8 Å². The summed E-state index contributed by atoms with van der Waals surface area (Å²) in [5.74, 6) is -0.833. The van der Waals surface area contributed by atoms with Gasteiger partial charge in [0.1, 0.15) is 11.3 Å². The molecule has 1 aromatic heterocycles. The number of para-hydroxylation sites is 1. The minimum absolute atomic E-state index is 0.0289. The molecule has 1 aliphatic heterocycles. The van der Waals surface area contributed by atoms with Gasteiger partial charge in [-0.3, -0.25) is 9.59 Å². The maximum absolute atomic E-state index is 13.7. The number of ether oxygens (including phenoxy) is 1. The highest BCUT2D eigenvalue weighted by Crippen LogP contribution is 2.40. The van der Waals surface area contributed by atoms with Gasteiger partial charge in [-0.2, -0.15) is 0 Å². The van der Waals surface area contributed by atoms with Gasteiger partial charge < -0.3 is 24.1 Å². The van der Waals surface area contributed by atoms with Gasteiger partial charge in [-0.15, -0.1) is 0 Å². The van der Waals surface area contributed by atoms with E-state index in [0.717, 1.165) is 24.9 Å². The van der Waals surface area contributed by atoms with Crippen LogP contribution in [0, 0.1) is 0 Å². The first-order valence-electron chi connectivity index (χ1n) is 12.2. The smallest absolute Gasteiger partial charge is 0.290 e. The molecule has 2 heterocycles. The van der Waals surface area contributed by atoms with E-state index in [1.54, 1.807) is 17.0 Å². The zero-order valence-corrected chi connectivity index (χ0v) is 20.5. The van der Waals surface area contributed by atoms with Crippen molar-refractivity contribution in [3.05, 3.63) is 77.3 Å². The van der Waals surface area contributed by atoms with Crippen molar-refractivity contribution in [3.8, 4) is 5.75 Å². The maximum Gasteiger partial charge on any atom is 0.290 e. The first-order valence-corrected chi connectivity index (χ1v) is 12.2. The summed E-state index contributed by atoms with van der Waals surface area (Å²) in [6, 6.07) is 15.6. The van der Waals surface area contributed by atoms with Gasteiger partial charge in [0.15, 0.2) is 11.5 Å². The molecule has 0 spiro atoms. The fourth-order valence-electron chi connectivity index (χ4n) is 4.47. The summed E-state index contributed by atoms with van der Waals surface area (Å²) in [4.78, 5) is 30.7. The molecule has 3 aromatic rings. The molecule has 1 N–H and O–H groups in total. The van der Waals surface area contributed by atoms with Crippen LogP contribution in [0.3, 0.4) is 0 Å². The number of fused-ring (bicyclic) bond motifs is 1. The van der Waals surface area contributed by atoms with Crippen LogP contribution in [0.5, 0.6) is 5.75 Å². The van der Waals surface area contributed by atoms with E-state index in [4.69, 9.17) is 9.15 Å². The second-order valence-corrected chi connectivity index (χ2v) is 8.59. The fraction of sp³-hybridized carbons (Fsp3) is 0.357. The monoisotopic (exact) mass is 476 g/mol. The largest absolute Gasteiger partial charge is 0.503 e. The Balaban J connectivity index is 1.75. The van der Waals surface area contributed by atoms with Crippen LogP contribution in [0.15, 0.2) is 70.3 Å². The first kappa shape index (κ1) is 24.5. The molecule has 0 saturated carbocycles. The highest BCUT2D eigenvalue weighted by Gasteiger charge is 2.44. The number of carbonyl (C=O) groups is 2. The van der Waals surface area contributed by atoms with E-state index < -0.39 is 23.5 Å². The third kappa shape index (κ3) is 4.95. The van der Waals surface area contributed by atoms with E-state index in [2.05, 4.69) is 18.7 Å². The number of likely N-dealkylation sites (N-methyl/N-ethyl adjacent to an activating group) is 1. The Morgan fingerprint density at radius 2 is 1.86 bits per heavy atom. The Morgan fingerprint density at radius 1 is 1.09 bits per heavy atom. The molecule has 1 aliphatic rings. The number of ketones is 1. The summed E-state index contributed by atoms with van der Waals surface area (Å²) in [5.41, 5.74) is 1.31. The number of Topliss-reactive ketones (excluding diaryl/α,β-unsaturated/α-hetero) is 1. The van der Waals surface area contributed by atoms with Crippen LogP contribution in [0.1, 0.15) is 49.4 Å². The zero-order valence-electron chi connectivity index (χ0n) is 20.5. The predicted octanol–water partition coefficient (Wildman–Crippen LogP) is 5.14. The van der Waals surface area contributed by atoms with Crippen LogP contribution >= 0.6 is 0 Å². The van der Waals surface area contributed by atoms with E-state index in [1.807, 2.05) is 49.4 Å². The number of aliphatic hydroxyl groups is 1. The maximum atomic E-state index is 13.7. The summed E-state index contributed by atoms with van der Waals surface area (Å²) < 4.78 is 11.6. The van der Waals surface area contributed by atoms with Crippen molar-refractivity contribution in [1.29, 1.82) is 0 Å². The summed E-state index contributed by atoms with van der Waals surface area (Å²) >= 11 is 0. The van der Waals surface area contributed by atoms with Gasteiger partial charge in [-0.1, -0.05) is 51.1 Å². The van der Waals surface area contributed by atoms with Crippen LogP contribution in [0.2, 0.25) is 0 Å². The lowest BCUT2D eigenvalue weighted by Gasteiger charge is -2.29. The topological polar surface area (TPSA) is 83.2 Å². The molecule has 35 heavy (non-hydrogen) atoms. The molecular formula is C28H32N2O5. The Labute approximate surface area is 205 Å². The van der Waals surface area contributed by atoms with Crippen LogP contribution in [-0.2, 0) is 4.79 Å². The van der Waals surface area contributed by atoms with Gasteiger partial charge in [-0.25, -0.2) is 0 Å². The zero-order chi connectivity index (χ0) is 24.9. The van der Waals surface area contributed by atoms with E-state index in [9.17, 15) is 14.7 Å². The molecule has 0 fully saturated rings. The molecule has 0 radical (unpaired) electrons. The lowest BCUT2D eigenvalue weighted by Crippen LogP contribution is -2.38. The molecule has 184 valence electrons. The summed E-state index contributed by atoms with van der Waals surface area (Å²) in [6.07, 6.45) is 0.860. The van der Waals surface area contributed by atoms with Crippen molar-refractivity contribution in [2.24, 2.45) is 0 Å². The number of carbonyl (C=O) groups excluding carboxylic acids is 2. The molecule has 1 unspecified atom stereocenters. The molecule has 7 heteroatoms. The molecule has 7 nitrogen and oxygen atoms in total. The number of hydrogen-bond acceptors (Lipinski definition) is 6. The normalized spacial score (nSPS) is 16.1. The van der Waals surface area contributed by atoms with Crippen LogP contribution in [0.25, 0.3) is 11.0 Å². The first-order chi connectivity index (χ1) is 17.0. The molecule has 2 aromatic carbocycles. The molecular weight excluding hydrogens is 444 g/mol. The lowest BCUT2D eigenvalue weighted by atomic mass is 9.95. The SMILES string of the molecule is CCCOc1cccc(C2C(C(=O)c3cc4ccccc4o3)=C(O)C(=O)N2CCN(CC)CC)c1. The van der Waals surface area contributed by atoms with Crippen molar-refractivity contribution in [2.75, 3.05) is 32.8 Å². The van der Waals surface area contributed by atoms with Crippen molar-refractivity contribution in [2.45, 2.75) is 33.2 Å². The second-order valence-electron chi connectivity index (χ2n) is 8.59. The molecule has 1 atom stereocenters. The van der Waals surface area contributed by atoms with Crippen molar-refractivity contribution in [1.82, 2.24) is 9.80 Å². The van der Waals surface area contributed by atoms with E-state index in [-0.39, 0.29) is 11.3 Å². The van der Waals surface area contributed by atoms with E-state index in [1.165, 1.54) is 0 Å². The number of hydrogen-bond donors (Lipinski definition) is 1. The minimum Gasteiger partial charge on any atom is -0.503 e. The van der Waals surface area contributed by atoms with Crippen molar-refractivity contribution >= 4 is 22.7 Å². The Kier molecular flexibility index (Phi) is 7.56. The Hall–Kier alpha value is -3.58. The Bertz CT molecular complexity index is 1210. The minimum atomic E-state index is -0.746. The lowest BCUT2D eigenvalue weighted by molar-refractivity contribution is -0.129. The average Bonchev–Trinajstić information content (AvgIpc) is 3.42. The van der Waals surface area contributed by atoms with Gasteiger partial charge in [0, 0.05) is 18.5 Å². The molecule has 4 rings (SSSR count). The summed E-state index contributed by atoms with van der Waals surface area (Å²) in [6.45, 7) is 9.39. The highest BCUT2D eigenvalue weighted by molar-refractivity contribution is 6.16. The van der Waals surface area contributed by atoms with Crippen LogP contribution < -0.4 is 4.74 Å². The molecule has 0 bridgehead atoms. The van der Waals surface area contributed by atoms with Crippen LogP contribution in [-0.4, -0.2) is 59.4 Å². The summed E-state index contributed by atoms with van der Waals surface area (Å²) in [7, 11) is 0. The van der Waals surface area contributed by atoms with Gasteiger partial charge in [0.25, 0.3) is 5.91 Å². The van der Waals surface area contributed by atoms with Crippen molar-refractivity contribution in [3.63, 3.8) is 0 Å². The van der Waals surface area contributed by atoms with E-state index in [0.29, 0.717) is 36.6 Å². The van der Waals surface area contributed by atoms with E-state index >= 15 is 0 Å². The number of rotatable bonds is 11. The average molecular weight is 477 g/mol. The third-order valence-electron chi connectivity index (χ3n) is 6.40. The summed E-state index contributed by atoms with van der Waals surface area (Å²) in [5, 5.41) is 11.7. The Morgan fingerprint density at radius 3 is 2.57 bits per heavy atom. The quantitative estimate of drug-likeness (QED) is 0.386. The van der Waals surface area contributed by atoms with Crippen LogP contribution in [0.4, 0.5) is 0 Å². The number of benzene rings is 2. The predicted molar refractivity (Wildman–Crippen MR) is 135 cm³/mol. The number of amides is 1. The van der Waals surface area contributed by atoms with Gasteiger partial charge in [0.2, 0.25) is 5.78 Å². The second kappa shape index (κ2) is 10.8. The third-order valence-corrected chi connectivity index (χ3v) is 6.40.